The Morgan fingerprint density at radius 1 is 1.40 bits per heavy atom. The maximum atomic E-state index is 12.2. The first-order chi connectivity index (χ1) is 9.54. The molecule has 1 fully saturated rings. The van der Waals surface area contributed by atoms with E-state index >= 15 is 0 Å². The van der Waals surface area contributed by atoms with Gasteiger partial charge in [0.15, 0.2) is 0 Å². The van der Waals surface area contributed by atoms with Gasteiger partial charge in [0.2, 0.25) is 0 Å². The van der Waals surface area contributed by atoms with E-state index in [1.54, 1.807) is 12.1 Å². The highest BCUT2D eigenvalue weighted by Crippen LogP contribution is 2.11. The molecule has 0 aliphatic carbocycles. The molecule has 1 saturated heterocycles. The summed E-state index contributed by atoms with van der Waals surface area (Å²) < 4.78 is 0. The Hall–Kier alpha value is -1.13. The number of hydrogen-bond acceptors (Lipinski definition) is 3. The molecule has 1 N–H and O–H groups in total. The highest BCUT2D eigenvalue weighted by atomic mass is 35.5. The van der Waals surface area contributed by atoms with Crippen LogP contribution in [0.4, 0.5) is 0 Å². The maximum absolute atomic E-state index is 12.2. The van der Waals surface area contributed by atoms with Crippen molar-refractivity contribution in [2.45, 2.75) is 39.2 Å². The van der Waals surface area contributed by atoms with Crippen molar-refractivity contribution in [1.29, 1.82) is 0 Å². The van der Waals surface area contributed by atoms with Gasteiger partial charge in [0.1, 0.15) is 5.15 Å². The van der Waals surface area contributed by atoms with Crippen LogP contribution in [0.2, 0.25) is 5.15 Å². The van der Waals surface area contributed by atoms with Gasteiger partial charge in [-0.05, 0) is 51.9 Å². The second-order valence-corrected chi connectivity index (χ2v) is 5.94. The fraction of sp³-hybridized carbons (Fsp3) is 0.600. The van der Waals surface area contributed by atoms with E-state index in [2.05, 4.69) is 15.2 Å². The first-order valence-corrected chi connectivity index (χ1v) is 7.60. The van der Waals surface area contributed by atoms with Gasteiger partial charge >= 0.3 is 0 Å². The molecule has 0 saturated carbocycles. The summed E-state index contributed by atoms with van der Waals surface area (Å²) in [5, 5.41) is 3.39. The Balaban J connectivity index is 1.89. The third kappa shape index (κ3) is 4.46. The fourth-order valence-corrected chi connectivity index (χ4v) is 2.89. The van der Waals surface area contributed by atoms with E-state index in [4.69, 9.17) is 11.6 Å². The Bertz CT molecular complexity index is 452. The molecular weight excluding hydrogens is 274 g/mol. The van der Waals surface area contributed by atoms with Crippen molar-refractivity contribution < 1.29 is 4.79 Å². The van der Waals surface area contributed by atoms with Crippen LogP contribution in [-0.2, 0) is 0 Å². The second-order valence-electron chi connectivity index (χ2n) is 5.56. The van der Waals surface area contributed by atoms with Crippen LogP contribution in [0.1, 0.15) is 42.2 Å². The molecule has 5 heteroatoms. The largest absolute Gasteiger partial charge is 0.348 e. The van der Waals surface area contributed by atoms with E-state index in [0.717, 1.165) is 25.3 Å². The van der Waals surface area contributed by atoms with E-state index in [0.29, 0.717) is 10.7 Å². The molecule has 0 bridgehead atoms. The van der Waals surface area contributed by atoms with E-state index in [1.807, 2.05) is 13.8 Å². The molecule has 0 radical (unpaired) electrons. The van der Waals surface area contributed by atoms with Gasteiger partial charge in [0, 0.05) is 23.8 Å². The number of halogens is 1. The molecule has 0 spiro atoms. The number of aryl methyl sites for hydroxylation is 1. The summed E-state index contributed by atoms with van der Waals surface area (Å²) in [6.07, 6.45) is 3.85. The van der Waals surface area contributed by atoms with Gasteiger partial charge in [-0.15, -0.1) is 0 Å². The summed E-state index contributed by atoms with van der Waals surface area (Å²) in [6, 6.07) is 3.50. The molecule has 1 amide bonds. The zero-order chi connectivity index (χ0) is 14.5. The molecule has 1 atom stereocenters. The van der Waals surface area contributed by atoms with E-state index in [-0.39, 0.29) is 11.9 Å². The number of likely N-dealkylation sites (tertiary alicyclic amines) is 1. The predicted molar refractivity (Wildman–Crippen MR) is 81.2 cm³/mol. The van der Waals surface area contributed by atoms with Crippen molar-refractivity contribution in [3.8, 4) is 0 Å². The summed E-state index contributed by atoms with van der Waals surface area (Å²) >= 11 is 5.89. The standard InChI is InChI=1S/C15H22ClN3O/c1-11-8-13(9-14(16)17-11)15(20)18-12(2)10-19-6-4-3-5-7-19/h8-9,12H,3-7,10H2,1-2H3,(H,18,20). The smallest absolute Gasteiger partial charge is 0.251 e. The molecular formula is C15H22ClN3O. The molecule has 110 valence electrons. The maximum Gasteiger partial charge on any atom is 0.251 e. The number of nitrogens with zero attached hydrogens (tertiary/aromatic N) is 2. The fourth-order valence-electron chi connectivity index (χ4n) is 2.64. The predicted octanol–water partition coefficient (Wildman–Crippen LogP) is 2.65. The molecule has 4 nitrogen and oxygen atoms in total. The van der Waals surface area contributed by atoms with Crippen LogP contribution in [0, 0.1) is 6.92 Å². The SMILES string of the molecule is Cc1cc(C(=O)NC(C)CN2CCCCC2)cc(Cl)n1. The van der Waals surface area contributed by atoms with Crippen LogP contribution in [0.15, 0.2) is 12.1 Å². The Labute approximate surface area is 125 Å². The van der Waals surface area contributed by atoms with Crippen LogP contribution in [-0.4, -0.2) is 41.5 Å². The van der Waals surface area contributed by atoms with E-state index in [9.17, 15) is 4.79 Å². The molecule has 2 heterocycles. The lowest BCUT2D eigenvalue weighted by Gasteiger charge is -2.29. The minimum Gasteiger partial charge on any atom is -0.348 e. The molecule has 0 aromatic carbocycles. The van der Waals surface area contributed by atoms with E-state index in [1.165, 1.54) is 19.3 Å². The van der Waals surface area contributed by atoms with Gasteiger partial charge < -0.3 is 10.2 Å². The lowest BCUT2D eigenvalue weighted by Crippen LogP contribution is -2.43. The zero-order valence-corrected chi connectivity index (χ0v) is 12.9. The summed E-state index contributed by atoms with van der Waals surface area (Å²) in [4.78, 5) is 18.7. The van der Waals surface area contributed by atoms with Gasteiger partial charge in [-0.1, -0.05) is 18.0 Å². The monoisotopic (exact) mass is 295 g/mol. The highest BCUT2D eigenvalue weighted by molar-refractivity contribution is 6.29. The minimum atomic E-state index is -0.0816. The van der Waals surface area contributed by atoms with Crippen LogP contribution in [0.5, 0.6) is 0 Å². The topological polar surface area (TPSA) is 45.2 Å². The number of carbonyl (C=O) groups excluding carboxylic acids is 1. The molecule has 1 aromatic heterocycles. The van der Waals surface area contributed by atoms with Crippen molar-refractivity contribution in [3.05, 3.63) is 28.5 Å². The molecule has 1 unspecified atom stereocenters. The number of amides is 1. The van der Waals surface area contributed by atoms with Gasteiger partial charge in [-0.3, -0.25) is 4.79 Å². The Morgan fingerprint density at radius 2 is 2.10 bits per heavy atom. The summed E-state index contributed by atoms with van der Waals surface area (Å²) in [7, 11) is 0. The molecule has 1 aliphatic rings. The lowest BCUT2D eigenvalue weighted by molar-refractivity contribution is 0.0925. The summed E-state index contributed by atoms with van der Waals surface area (Å²) in [6.45, 7) is 7.06. The Kier molecular flexibility index (Phi) is 5.38. The average Bonchev–Trinajstić information content (AvgIpc) is 2.38. The van der Waals surface area contributed by atoms with Crippen molar-refractivity contribution in [1.82, 2.24) is 15.2 Å². The second kappa shape index (κ2) is 7.04. The average molecular weight is 296 g/mol. The molecule has 20 heavy (non-hydrogen) atoms. The molecule has 1 aromatic rings. The van der Waals surface area contributed by atoms with Gasteiger partial charge in [-0.2, -0.15) is 0 Å². The first-order valence-electron chi connectivity index (χ1n) is 7.22. The number of nitrogens with one attached hydrogen (secondary N) is 1. The molecule has 2 rings (SSSR count). The third-order valence-corrected chi connectivity index (χ3v) is 3.74. The van der Waals surface area contributed by atoms with Gasteiger partial charge in [0.05, 0.1) is 0 Å². The molecule has 1 aliphatic heterocycles. The first kappa shape index (κ1) is 15.3. The summed E-state index contributed by atoms with van der Waals surface area (Å²) in [5.41, 5.74) is 1.33. The van der Waals surface area contributed by atoms with Crippen LogP contribution < -0.4 is 5.32 Å². The number of piperidine rings is 1. The third-order valence-electron chi connectivity index (χ3n) is 3.54. The van der Waals surface area contributed by atoms with Gasteiger partial charge in [-0.25, -0.2) is 4.98 Å². The normalized spacial score (nSPS) is 17.8. The number of pyridine rings is 1. The van der Waals surface area contributed by atoms with Crippen LogP contribution >= 0.6 is 11.6 Å². The lowest BCUT2D eigenvalue weighted by atomic mass is 10.1. The van der Waals surface area contributed by atoms with Crippen LogP contribution in [0.25, 0.3) is 0 Å². The van der Waals surface area contributed by atoms with Crippen molar-refractivity contribution in [3.63, 3.8) is 0 Å². The van der Waals surface area contributed by atoms with Gasteiger partial charge in [0.25, 0.3) is 5.91 Å². The number of carbonyl (C=O) groups is 1. The quantitative estimate of drug-likeness (QED) is 0.869. The Morgan fingerprint density at radius 3 is 2.75 bits per heavy atom. The number of hydrogen-bond donors (Lipinski definition) is 1. The number of rotatable bonds is 4. The minimum absolute atomic E-state index is 0.0816. The van der Waals surface area contributed by atoms with Crippen LogP contribution in [0.3, 0.4) is 0 Å². The van der Waals surface area contributed by atoms with E-state index < -0.39 is 0 Å². The van der Waals surface area contributed by atoms with Crippen molar-refractivity contribution >= 4 is 17.5 Å². The highest BCUT2D eigenvalue weighted by Gasteiger charge is 2.16. The number of aromatic nitrogens is 1. The summed E-state index contributed by atoms with van der Waals surface area (Å²) in [5.74, 6) is -0.0816. The zero-order valence-electron chi connectivity index (χ0n) is 12.2. The van der Waals surface area contributed by atoms with Crippen molar-refractivity contribution in [2.75, 3.05) is 19.6 Å². The van der Waals surface area contributed by atoms with Crippen molar-refractivity contribution in [2.24, 2.45) is 0 Å².